The molecule has 1 amide bonds. The van der Waals surface area contributed by atoms with Crippen LogP contribution in [0.1, 0.15) is 5.56 Å². The van der Waals surface area contributed by atoms with Crippen molar-refractivity contribution in [3.05, 3.63) is 65.2 Å². The summed E-state index contributed by atoms with van der Waals surface area (Å²) in [6.45, 7) is 0.950. The van der Waals surface area contributed by atoms with Gasteiger partial charge in [-0.1, -0.05) is 23.7 Å². The average Bonchev–Trinajstić information content (AvgIpc) is 2.79. The van der Waals surface area contributed by atoms with Crippen molar-refractivity contribution in [1.82, 2.24) is 4.31 Å². The van der Waals surface area contributed by atoms with Crippen molar-refractivity contribution in [2.75, 3.05) is 38.2 Å². The van der Waals surface area contributed by atoms with Gasteiger partial charge in [0.1, 0.15) is 0 Å². The third kappa shape index (κ3) is 6.63. The fourth-order valence-corrected chi connectivity index (χ4v) is 4.30. The second-order valence-electron chi connectivity index (χ2n) is 6.58. The zero-order valence-corrected chi connectivity index (χ0v) is 18.1. The molecule has 1 aliphatic rings. The van der Waals surface area contributed by atoms with Gasteiger partial charge in [-0.25, -0.2) is 13.2 Å². The van der Waals surface area contributed by atoms with E-state index in [1.54, 1.807) is 36.4 Å². The summed E-state index contributed by atoms with van der Waals surface area (Å²) in [7, 11) is -3.57. The molecule has 1 N–H and O–H groups in total. The Bertz CT molecular complexity index is 1050. The fourth-order valence-electron chi connectivity index (χ4n) is 2.77. The quantitative estimate of drug-likeness (QED) is 0.499. The average molecular weight is 465 g/mol. The number of morpholine rings is 1. The Morgan fingerprint density at radius 1 is 1.06 bits per heavy atom. The van der Waals surface area contributed by atoms with Crippen LogP contribution in [0.4, 0.5) is 5.69 Å². The van der Waals surface area contributed by atoms with Gasteiger partial charge in [0.15, 0.2) is 6.61 Å². The van der Waals surface area contributed by atoms with Gasteiger partial charge < -0.3 is 14.8 Å². The Hall–Kier alpha value is -2.72. The first-order chi connectivity index (χ1) is 14.8. The van der Waals surface area contributed by atoms with E-state index in [1.165, 1.54) is 28.6 Å². The molecule has 10 heteroatoms. The van der Waals surface area contributed by atoms with Crippen LogP contribution in [0.2, 0.25) is 5.02 Å². The van der Waals surface area contributed by atoms with Gasteiger partial charge in [0, 0.05) is 29.9 Å². The van der Waals surface area contributed by atoms with E-state index in [4.69, 9.17) is 21.1 Å². The van der Waals surface area contributed by atoms with Gasteiger partial charge in [0.05, 0.1) is 18.1 Å². The third-order valence-electron chi connectivity index (χ3n) is 4.37. The van der Waals surface area contributed by atoms with E-state index in [2.05, 4.69) is 5.32 Å². The number of rotatable bonds is 7. The van der Waals surface area contributed by atoms with Gasteiger partial charge >= 0.3 is 5.97 Å². The molecule has 8 nitrogen and oxygen atoms in total. The van der Waals surface area contributed by atoms with Crippen LogP contribution >= 0.6 is 11.6 Å². The molecule has 0 radical (unpaired) electrons. The first-order valence-corrected chi connectivity index (χ1v) is 11.2. The number of carbonyl (C=O) groups is 2. The standard InChI is InChI=1S/C21H21ClN2O6S/c22-17-4-6-18(7-5-17)23-20(25)15-30-21(26)10-3-16-1-8-19(9-2-16)31(27,28)24-11-13-29-14-12-24/h1-10H,11-15H2,(H,23,25)/b10-3+. The van der Waals surface area contributed by atoms with E-state index in [1.807, 2.05) is 0 Å². The number of hydrogen-bond acceptors (Lipinski definition) is 6. The Morgan fingerprint density at radius 3 is 2.35 bits per heavy atom. The zero-order chi connectivity index (χ0) is 22.3. The van der Waals surface area contributed by atoms with E-state index in [0.29, 0.717) is 42.6 Å². The highest BCUT2D eigenvalue weighted by Crippen LogP contribution is 2.18. The number of halogens is 1. The van der Waals surface area contributed by atoms with Crippen molar-refractivity contribution in [3.8, 4) is 0 Å². The molecule has 1 heterocycles. The van der Waals surface area contributed by atoms with Gasteiger partial charge in [-0.2, -0.15) is 4.31 Å². The molecule has 2 aromatic rings. The minimum atomic E-state index is -3.57. The highest BCUT2D eigenvalue weighted by atomic mass is 35.5. The van der Waals surface area contributed by atoms with Gasteiger partial charge in [-0.05, 0) is 48.0 Å². The van der Waals surface area contributed by atoms with Crippen LogP contribution in [0.15, 0.2) is 59.5 Å². The lowest BCUT2D eigenvalue weighted by atomic mass is 10.2. The van der Waals surface area contributed by atoms with E-state index < -0.39 is 28.5 Å². The second kappa shape index (κ2) is 10.5. The van der Waals surface area contributed by atoms with Crippen LogP contribution in [0.3, 0.4) is 0 Å². The van der Waals surface area contributed by atoms with Crippen LogP contribution in [0, 0.1) is 0 Å². The van der Waals surface area contributed by atoms with Gasteiger partial charge in [0.25, 0.3) is 5.91 Å². The predicted molar refractivity (Wildman–Crippen MR) is 116 cm³/mol. The number of ether oxygens (including phenoxy) is 2. The number of carbonyl (C=O) groups excluding carboxylic acids is 2. The molecule has 0 atom stereocenters. The maximum Gasteiger partial charge on any atom is 0.331 e. The Kier molecular flexibility index (Phi) is 7.80. The molecule has 1 fully saturated rings. The molecule has 1 saturated heterocycles. The second-order valence-corrected chi connectivity index (χ2v) is 8.96. The topological polar surface area (TPSA) is 102 Å². The monoisotopic (exact) mass is 464 g/mol. The molecule has 0 aliphatic carbocycles. The molecule has 0 saturated carbocycles. The van der Waals surface area contributed by atoms with Crippen molar-refractivity contribution < 1.29 is 27.5 Å². The minimum Gasteiger partial charge on any atom is -0.452 e. The van der Waals surface area contributed by atoms with Crippen LogP contribution < -0.4 is 5.32 Å². The van der Waals surface area contributed by atoms with Crippen molar-refractivity contribution in [2.45, 2.75) is 4.90 Å². The number of hydrogen-bond donors (Lipinski definition) is 1. The van der Waals surface area contributed by atoms with Gasteiger partial charge in [-0.3, -0.25) is 4.79 Å². The SMILES string of the molecule is O=C(COC(=O)/C=C/c1ccc(S(=O)(=O)N2CCOCC2)cc1)Nc1ccc(Cl)cc1. The zero-order valence-electron chi connectivity index (χ0n) is 16.5. The van der Waals surface area contributed by atoms with Crippen LogP contribution in [0.25, 0.3) is 6.08 Å². The van der Waals surface area contributed by atoms with Crippen LogP contribution in [-0.2, 0) is 29.1 Å². The number of anilines is 1. The number of nitrogens with zero attached hydrogens (tertiary/aromatic N) is 1. The van der Waals surface area contributed by atoms with E-state index in [-0.39, 0.29) is 4.90 Å². The summed E-state index contributed by atoms with van der Waals surface area (Å²) < 4.78 is 36.7. The van der Waals surface area contributed by atoms with Crippen molar-refractivity contribution in [2.24, 2.45) is 0 Å². The first kappa shape index (κ1) is 23.0. The Labute approximate surface area is 185 Å². The summed E-state index contributed by atoms with van der Waals surface area (Å²) >= 11 is 5.78. The molecule has 0 unspecified atom stereocenters. The summed E-state index contributed by atoms with van der Waals surface area (Å²) in [5.74, 6) is -1.18. The summed E-state index contributed by atoms with van der Waals surface area (Å²) in [6.07, 6.45) is 2.64. The summed E-state index contributed by atoms with van der Waals surface area (Å²) in [4.78, 5) is 23.8. The summed E-state index contributed by atoms with van der Waals surface area (Å²) in [6, 6.07) is 12.7. The molecule has 0 bridgehead atoms. The highest BCUT2D eigenvalue weighted by molar-refractivity contribution is 7.89. The number of amides is 1. The number of nitrogens with one attached hydrogen (secondary N) is 1. The maximum atomic E-state index is 12.6. The first-order valence-electron chi connectivity index (χ1n) is 9.43. The molecule has 1 aliphatic heterocycles. The van der Waals surface area contributed by atoms with Crippen LogP contribution in [-0.4, -0.2) is 57.5 Å². The van der Waals surface area contributed by atoms with Gasteiger partial charge in [0.2, 0.25) is 10.0 Å². The van der Waals surface area contributed by atoms with Crippen molar-refractivity contribution >= 4 is 45.3 Å². The number of benzene rings is 2. The lowest BCUT2D eigenvalue weighted by molar-refractivity contribution is -0.142. The molecule has 3 rings (SSSR count). The molecule has 164 valence electrons. The molecular formula is C21H21ClN2O6S. The molecule has 0 spiro atoms. The van der Waals surface area contributed by atoms with Crippen molar-refractivity contribution in [1.29, 1.82) is 0 Å². The smallest absolute Gasteiger partial charge is 0.331 e. The number of esters is 1. The molecule has 2 aromatic carbocycles. The van der Waals surface area contributed by atoms with Crippen molar-refractivity contribution in [3.63, 3.8) is 0 Å². The summed E-state index contributed by atoms with van der Waals surface area (Å²) in [5, 5.41) is 3.12. The Balaban J connectivity index is 1.50. The number of sulfonamides is 1. The van der Waals surface area contributed by atoms with E-state index >= 15 is 0 Å². The lowest BCUT2D eigenvalue weighted by Crippen LogP contribution is -2.40. The fraction of sp³-hybridized carbons (Fsp3) is 0.238. The Morgan fingerprint density at radius 2 is 1.71 bits per heavy atom. The normalized spacial score (nSPS) is 15.0. The predicted octanol–water partition coefficient (Wildman–Crippen LogP) is 2.56. The van der Waals surface area contributed by atoms with E-state index in [0.717, 1.165) is 0 Å². The molecular weight excluding hydrogens is 444 g/mol. The van der Waals surface area contributed by atoms with Gasteiger partial charge in [-0.15, -0.1) is 0 Å². The van der Waals surface area contributed by atoms with Crippen LogP contribution in [0.5, 0.6) is 0 Å². The maximum absolute atomic E-state index is 12.6. The van der Waals surface area contributed by atoms with E-state index in [9.17, 15) is 18.0 Å². The lowest BCUT2D eigenvalue weighted by Gasteiger charge is -2.26. The molecule has 0 aromatic heterocycles. The third-order valence-corrected chi connectivity index (χ3v) is 6.54. The molecule has 31 heavy (non-hydrogen) atoms. The highest BCUT2D eigenvalue weighted by Gasteiger charge is 2.25. The summed E-state index contributed by atoms with van der Waals surface area (Å²) in [5.41, 5.74) is 1.15. The minimum absolute atomic E-state index is 0.174. The largest absolute Gasteiger partial charge is 0.452 e.